The molecule has 5 nitrogen and oxygen atoms in total. The van der Waals surface area contributed by atoms with Gasteiger partial charge in [-0.15, -0.1) is 0 Å². The second-order valence-electron chi connectivity index (χ2n) is 7.34. The Kier molecular flexibility index (Phi) is 4.71. The van der Waals surface area contributed by atoms with E-state index < -0.39 is 6.04 Å². The van der Waals surface area contributed by atoms with Gasteiger partial charge >= 0.3 is 0 Å². The Labute approximate surface area is 183 Å². The number of imidazole rings is 1. The van der Waals surface area contributed by atoms with Crippen LogP contribution < -0.4 is 10.6 Å². The van der Waals surface area contributed by atoms with Gasteiger partial charge in [0.15, 0.2) is 0 Å². The van der Waals surface area contributed by atoms with Crippen molar-refractivity contribution in [3.8, 4) is 0 Å². The number of allylic oxidation sites excluding steroid dienone is 1. The molecule has 7 heteroatoms. The average Bonchev–Trinajstić information content (AvgIpc) is 3.12. The number of para-hydroxylation sites is 2. The van der Waals surface area contributed by atoms with Gasteiger partial charge in [0.25, 0.3) is 5.91 Å². The number of hydrogen-bond acceptors (Lipinski definition) is 3. The van der Waals surface area contributed by atoms with Crippen molar-refractivity contribution < 1.29 is 9.18 Å². The van der Waals surface area contributed by atoms with Crippen LogP contribution in [0, 0.1) is 5.82 Å². The van der Waals surface area contributed by atoms with E-state index in [9.17, 15) is 9.18 Å². The van der Waals surface area contributed by atoms with Gasteiger partial charge < -0.3 is 10.6 Å². The minimum atomic E-state index is -0.683. The van der Waals surface area contributed by atoms with Crippen LogP contribution >= 0.6 is 11.6 Å². The van der Waals surface area contributed by atoms with Crippen LogP contribution in [0.15, 0.2) is 84.1 Å². The molecule has 3 aromatic carbocycles. The molecule has 0 unspecified atom stereocenters. The highest BCUT2D eigenvalue weighted by molar-refractivity contribution is 6.30. The molecule has 0 spiro atoms. The number of anilines is 2. The Morgan fingerprint density at radius 3 is 2.55 bits per heavy atom. The zero-order valence-electron chi connectivity index (χ0n) is 16.6. The molecule has 0 radical (unpaired) electrons. The van der Waals surface area contributed by atoms with E-state index in [-0.39, 0.29) is 11.7 Å². The number of benzene rings is 3. The molecular weight excluding hydrogens is 415 g/mol. The van der Waals surface area contributed by atoms with Crippen LogP contribution in [-0.2, 0) is 4.79 Å². The van der Waals surface area contributed by atoms with Crippen molar-refractivity contribution in [1.82, 2.24) is 9.55 Å². The minimum absolute atomic E-state index is 0.330. The average molecular weight is 433 g/mol. The Hall–Kier alpha value is -3.64. The lowest BCUT2D eigenvalue weighted by atomic mass is 9.94. The second-order valence-corrected chi connectivity index (χ2v) is 7.78. The number of carbonyl (C=O) groups excluding carboxylic acids is 1. The highest BCUT2D eigenvalue weighted by atomic mass is 35.5. The molecule has 1 atom stereocenters. The van der Waals surface area contributed by atoms with Crippen molar-refractivity contribution in [3.05, 3.63) is 100 Å². The van der Waals surface area contributed by atoms with Gasteiger partial charge in [0.2, 0.25) is 5.95 Å². The molecule has 5 rings (SSSR count). The molecular formula is C24H18ClFN4O. The summed E-state index contributed by atoms with van der Waals surface area (Å²) in [5.74, 6) is -0.151. The van der Waals surface area contributed by atoms with Gasteiger partial charge in [-0.3, -0.25) is 9.36 Å². The molecule has 4 aromatic rings. The van der Waals surface area contributed by atoms with E-state index in [4.69, 9.17) is 11.6 Å². The number of aromatic nitrogens is 2. The molecule has 154 valence electrons. The van der Waals surface area contributed by atoms with Gasteiger partial charge in [0.1, 0.15) is 5.82 Å². The number of amides is 1. The fourth-order valence-electron chi connectivity index (χ4n) is 3.98. The number of fused-ring (bicyclic) bond motifs is 3. The molecule has 2 N–H and O–H groups in total. The molecule has 0 fully saturated rings. The first kappa shape index (κ1) is 19.3. The molecule has 0 saturated heterocycles. The van der Waals surface area contributed by atoms with Gasteiger partial charge in [0, 0.05) is 22.0 Å². The van der Waals surface area contributed by atoms with E-state index in [1.165, 1.54) is 6.07 Å². The Bertz CT molecular complexity index is 1340. The van der Waals surface area contributed by atoms with Crippen LogP contribution in [-0.4, -0.2) is 15.5 Å². The number of hydrogen-bond donors (Lipinski definition) is 2. The third-order valence-electron chi connectivity index (χ3n) is 5.38. The number of nitrogens with zero attached hydrogens (tertiary/aromatic N) is 2. The molecule has 2 heterocycles. The molecule has 1 amide bonds. The Balaban J connectivity index is 1.67. The summed E-state index contributed by atoms with van der Waals surface area (Å²) in [7, 11) is 0. The summed E-state index contributed by atoms with van der Waals surface area (Å²) in [5, 5.41) is 6.70. The van der Waals surface area contributed by atoms with Crippen molar-refractivity contribution in [1.29, 1.82) is 0 Å². The van der Waals surface area contributed by atoms with Crippen molar-refractivity contribution in [2.75, 3.05) is 10.6 Å². The molecule has 0 saturated carbocycles. The summed E-state index contributed by atoms with van der Waals surface area (Å²) in [4.78, 5) is 18.1. The number of nitrogens with one attached hydrogen (secondary N) is 2. The van der Waals surface area contributed by atoms with E-state index in [0.29, 0.717) is 33.5 Å². The Morgan fingerprint density at radius 1 is 1.06 bits per heavy atom. The van der Waals surface area contributed by atoms with Crippen LogP contribution in [0.4, 0.5) is 16.0 Å². The lowest BCUT2D eigenvalue weighted by Crippen LogP contribution is -2.31. The van der Waals surface area contributed by atoms with Crippen LogP contribution in [0.3, 0.4) is 0 Å². The predicted octanol–water partition coefficient (Wildman–Crippen LogP) is 5.76. The van der Waals surface area contributed by atoms with E-state index in [1.807, 2.05) is 28.8 Å². The second kappa shape index (κ2) is 7.56. The largest absolute Gasteiger partial charge is 0.329 e. The number of carbonyl (C=O) groups is 1. The van der Waals surface area contributed by atoms with Gasteiger partial charge in [0.05, 0.1) is 22.6 Å². The molecule has 1 aliphatic heterocycles. The zero-order valence-corrected chi connectivity index (χ0v) is 17.3. The molecule has 1 aliphatic rings. The van der Waals surface area contributed by atoms with Gasteiger partial charge in [-0.05, 0) is 49.4 Å². The molecule has 0 bridgehead atoms. The van der Waals surface area contributed by atoms with Crippen LogP contribution in [0.1, 0.15) is 18.5 Å². The highest BCUT2D eigenvalue weighted by Crippen LogP contribution is 2.40. The third-order valence-corrected chi connectivity index (χ3v) is 5.63. The zero-order chi connectivity index (χ0) is 21.5. The van der Waals surface area contributed by atoms with Crippen molar-refractivity contribution in [3.63, 3.8) is 0 Å². The normalized spacial score (nSPS) is 15.5. The minimum Gasteiger partial charge on any atom is -0.329 e. The van der Waals surface area contributed by atoms with Gasteiger partial charge in [-0.25, -0.2) is 9.37 Å². The molecule has 1 aromatic heterocycles. The summed E-state index contributed by atoms with van der Waals surface area (Å²) < 4.78 is 16.9. The van der Waals surface area contributed by atoms with E-state index in [2.05, 4.69) is 15.6 Å². The highest BCUT2D eigenvalue weighted by Gasteiger charge is 2.35. The maximum atomic E-state index is 15.0. The summed E-state index contributed by atoms with van der Waals surface area (Å²) in [5.41, 5.74) is 3.59. The van der Waals surface area contributed by atoms with Crippen molar-refractivity contribution >= 4 is 40.2 Å². The summed E-state index contributed by atoms with van der Waals surface area (Å²) >= 11 is 5.96. The van der Waals surface area contributed by atoms with E-state index in [0.717, 1.165) is 11.0 Å². The first-order chi connectivity index (χ1) is 15.0. The standard InChI is InChI=1S/C24H18ClFN4O/c1-14-21(23(31)28-16-12-10-15(25)11-13-16)22(17-6-2-3-7-18(17)26)30-20-9-5-4-8-19(20)29-24(30)27-14/h2-13,22H,1H3,(H,27,29)(H,28,31)/t22-/m1/s1. The molecule has 31 heavy (non-hydrogen) atoms. The fraction of sp³-hybridized carbons (Fsp3) is 0.0833. The summed E-state index contributed by atoms with van der Waals surface area (Å²) in [6, 6.07) is 20.3. The quantitative estimate of drug-likeness (QED) is 0.433. The maximum Gasteiger partial charge on any atom is 0.255 e. The summed E-state index contributed by atoms with van der Waals surface area (Å²) in [6.07, 6.45) is 0. The fourth-order valence-corrected chi connectivity index (χ4v) is 4.11. The predicted molar refractivity (Wildman–Crippen MR) is 121 cm³/mol. The topological polar surface area (TPSA) is 59.0 Å². The molecule has 0 aliphatic carbocycles. The first-order valence-electron chi connectivity index (χ1n) is 9.79. The van der Waals surface area contributed by atoms with Gasteiger partial charge in [-0.2, -0.15) is 0 Å². The van der Waals surface area contributed by atoms with E-state index in [1.54, 1.807) is 49.4 Å². The number of halogens is 2. The van der Waals surface area contributed by atoms with Crippen LogP contribution in [0.2, 0.25) is 5.02 Å². The lowest BCUT2D eigenvalue weighted by molar-refractivity contribution is -0.113. The van der Waals surface area contributed by atoms with Crippen molar-refractivity contribution in [2.24, 2.45) is 0 Å². The lowest BCUT2D eigenvalue weighted by Gasteiger charge is -2.31. The Morgan fingerprint density at radius 2 is 1.77 bits per heavy atom. The van der Waals surface area contributed by atoms with E-state index >= 15 is 0 Å². The van der Waals surface area contributed by atoms with Crippen LogP contribution in [0.25, 0.3) is 11.0 Å². The summed E-state index contributed by atoms with van der Waals surface area (Å²) in [6.45, 7) is 1.80. The first-order valence-corrected chi connectivity index (χ1v) is 10.2. The monoisotopic (exact) mass is 432 g/mol. The van der Waals surface area contributed by atoms with Crippen molar-refractivity contribution in [2.45, 2.75) is 13.0 Å². The smallest absolute Gasteiger partial charge is 0.255 e. The number of rotatable bonds is 3. The van der Waals surface area contributed by atoms with Gasteiger partial charge in [-0.1, -0.05) is 41.9 Å². The maximum absolute atomic E-state index is 15.0. The SMILES string of the molecule is CC1=C(C(=O)Nc2ccc(Cl)cc2)[C@@H](c2ccccc2F)n2c(nc3ccccc32)N1. The third kappa shape index (κ3) is 3.35. The van der Waals surface area contributed by atoms with Crippen LogP contribution in [0.5, 0.6) is 0 Å².